The molecular formula is C15H24N4O2. The Morgan fingerprint density at radius 1 is 1.29 bits per heavy atom. The van der Waals surface area contributed by atoms with Crippen LogP contribution in [0.5, 0.6) is 0 Å². The third-order valence-electron chi connectivity index (χ3n) is 4.38. The van der Waals surface area contributed by atoms with E-state index in [0.717, 1.165) is 19.7 Å². The maximum absolute atomic E-state index is 12.1. The Bertz CT molecular complexity index is 443. The van der Waals surface area contributed by atoms with Gasteiger partial charge >= 0.3 is 0 Å². The Morgan fingerprint density at radius 3 is 2.90 bits per heavy atom. The number of rotatable bonds is 5. The summed E-state index contributed by atoms with van der Waals surface area (Å²) in [5.41, 5.74) is 0. The second-order valence-electron chi connectivity index (χ2n) is 5.89. The summed E-state index contributed by atoms with van der Waals surface area (Å²) in [6.07, 6.45) is 7.92. The highest BCUT2D eigenvalue weighted by Crippen LogP contribution is 2.19. The molecule has 6 nitrogen and oxygen atoms in total. The molecule has 2 aliphatic heterocycles. The lowest BCUT2D eigenvalue weighted by atomic mass is 10.0. The van der Waals surface area contributed by atoms with Crippen LogP contribution in [-0.2, 0) is 16.1 Å². The summed E-state index contributed by atoms with van der Waals surface area (Å²) >= 11 is 0. The number of nitrogens with zero attached hydrogens (tertiary/aromatic N) is 3. The Morgan fingerprint density at radius 2 is 2.14 bits per heavy atom. The van der Waals surface area contributed by atoms with E-state index in [9.17, 15) is 4.79 Å². The first-order chi connectivity index (χ1) is 10.3. The number of aryl methyl sites for hydroxylation is 1. The SMILES string of the molecule is O=C(CCn1cccn1)N[C@@H]1COC[C@H]1N1CCCCC1. The lowest BCUT2D eigenvalue weighted by molar-refractivity contribution is -0.122. The second kappa shape index (κ2) is 7.04. The van der Waals surface area contributed by atoms with Crippen LogP contribution in [0, 0.1) is 0 Å². The summed E-state index contributed by atoms with van der Waals surface area (Å²) in [5.74, 6) is 0.0861. The molecule has 0 unspecified atom stereocenters. The van der Waals surface area contributed by atoms with E-state index in [1.807, 2.05) is 12.3 Å². The van der Waals surface area contributed by atoms with Crippen molar-refractivity contribution in [2.75, 3.05) is 26.3 Å². The van der Waals surface area contributed by atoms with Gasteiger partial charge in [-0.3, -0.25) is 14.4 Å². The van der Waals surface area contributed by atoms with Gasteiger partial charge in [-0.15, -0.1) is 0 Å². The average Bonchev–Trinajstić information content (AvgIpc) is 3.17. The van der Waals surface area contributed by atoms with Crippen molar-refractivity contribution in [3.63, 3.8) is 0 Å². The number of nitrogens with one attached hydrogen (secondary N) is 1. The van der Waals surface area contributed by atoms with Gasteiger partial charge in [-0.2, -0.15) is 5.10 Å². The zero-order valence-corrected chi connectivity index (χ0v) is 12.4. The van der Waals surface area contributed by atoms with Gasteiger partial charge in [0.2, 0.25) is 5.91 Å². The number of aromatic nitrogens is 2. The van der Waals surface area contributed by atoms with Crippen molar-refractivity contribution >= 4 is 5.91 Å². The van der Waals surface area contributed by atoms with Gasteiger partial charge in [-0.05, 0) is 32.0 Å². The number of hydrogen-bond donors (Lipinski definition) is 1. The quantitative estimate of drug-likeness (QED) is 0.865. The van der Waals surface area contributed by atoms with Crippen LogP contribution in [0.1, 0.15) is 25.7 Å². The van der Waals surface area contributed by atoms with E-state index < -0.39 is 0 Å². The molecule has 1 N–H and O–H groups in total. The number of hydrogen-bond acceptors (Lipinski definition) is 4. The molecule has 2 aliphatic rings. The Kier molecular flexibility index (Phi) is 4.87. The maximum Gasteiger partial charge on any atom is 0.222 e. The fraction of sp³-hybridized carbons (Fsp3) is 0.733. The van der Waals surface area contributed by atoms with Gasteiger partial charge in [0.1, 0.15) is 0 Å². The van der Waals surface area contributed by atoms with Crippen LogP contribution in [0.15, 0.2) is 18.5 Å². The molecular weight excluding hydrogens is 268 g/mol. The van der Waals surface area contributed by atoms with Crippen molar-refractivity contribution in [3.8, 4) is 0 Å². The molecule has 21 heavy (non-hydrogen) atoms. The molecule has 116 valence electrons. The molecule has 2 fully saturated rings. The van der Waals surface area contributed by atoms with Crippen molar-refractivity contribution in [1.82, 2.24) is 20.0 Å². The molecule has 0 spiro atoms. The first-order valence-electron chi connectivity index (χ1n) is 7.91. The first kappa shape index (κ1) is 14.5. The van der Waals surface area contributed by atoms with E-state index in [0.29, 0.717) is 25.6 Å². The van der Waals surface area contributed by atoms with Crippen molar-refractivity contribution < 1.29 is 9.53 Å². The molecule has 0 aliphatic carbocycles. The average molecular weight is 292 g/mol. The number of ether oxygens (including phenoxy) is 1. The molecule has 0 radical (unpaired) electrons. The molecule has 1 amide bonds. The second-order valence-corrected chi connectivity index (χ2v) is 5.89. The number of carbonyl (C=O) groups is 1. The van der Waals surface area contributed by atoms with E-state index in [2.05, 4.69) is 15.3 Å². The molecule has 0 aromatic carbocycles. The summed E-state index contributed by atoms with van der Waals surface area (Å²) < 4.78 is 7.38. The predicted molar refractivity (Wildman–Crippen MR) is 78.8 cm³/mol. The summed E-state index contributed by atoms with van der Waals surface area (Å²) in [4.78, 5) is 14.6. The Labute approximate surface area is 125 Å². The van der Waals surface area contributed by atoms with Crippen LogP contribution in [0.25, 0.3) is 0 Å². The van der Waals surface area contributed by atoms with Gasteiger partial charge in [-0.25, -0.2) is 0 Å². The van der Waals surface area contributed by atoms with Crippen molar-refractivity contribution in [3.05, 3.63) is 18.5 Å². The predicted octanol–water partition coefficient (Wildman–Crippen LogP) is 0.643. The van der Waals surface area contributed by atoms with Gasteiger partial charge in [0.05, 0.1) is 25.3 Å². The van der Waals surface area contributed by atoms with Gasteiger partial charge in [-0.1, -0.05) is 6.42 Å². The maximum atomic E-state index is 12.1. The zero-order chi connectivity index (χ0) is 14.5. The van der Waals surface area contributed by atoms with E-state index in [1.54, 1.807) is 10.9 Å². The van der Waals surface area contributed by atoms with Crippen molar-refractivity contribution in [2.24, 2.45) is 0 Å². The van der Waals surface area contributed by atoms with Gasteiger partial charge in [0.15, 0.2) is 0 Å². The number of piperidine rings is 1. The van der Waals surface area contributed by atoms with Gasteiger partial charge in [0.25, 0.3) is 0 Å². The highest BCUT2D eigenvalue weighted by Gasteiger charge is 2.34. The normalized spacial score (nSPS) is 26.9. The highest BCUT2D eigenvalue weighted by molar-refractivity contribution is 5.76. The minimum absolute atomic E-state index is 0.0861. The van der Waals surface area contributed by atoms with E-state index in [4.69, 9.17) is 4.74 Å². The molecule has 3 heterocycles. The van der Waals surface area contributed by atoms with Crippen LogP contribution in [0.4, 0.5) is 0 Å². The molecule has 1 aromatic rings. The van der Waals surface area contributed by atoms with E-state index in [1.165, 1.54) is 19.3 Å². The number of carbonyl (C=O) groups excluding carboxylic acids is 1. The molecule has 0 bridgehead atoms. The number of amides is 1. The van der Waals surface area contributed by atoms with Crippen LogP contribution < -0.4 is 5.32 Å². The standard InChI is InChI=1S/C15H24N4O2/c20-15(5-10-19-9-4-6-16-19)17-13-11-21-12-14(13)18-7-2-1-3-8-18/h4,6,9,13-14H,1-3,5,7-8,10-12H2,(H,17,20)/t13-,14-/m1/s1. The molecule has 3 rings (SSSR count). The summed E-state index contributed by atoms with van der Waals surface area (Å²) in [7, 11) is 0. The minimum atomic E-state index is 0.0861. The van der Waals surface area contributed by atoms with E-state index in [-0.39, 0.29) is 11.9 Å². The Hall–Kier alpha value is -1.40. The molecule has 1 aromatic heterocycles. The van der Waals surface area contributed by atoms with Crippen LogP contribution in [0.2, 0.25) is 0 Å². The van der Waals surface area contributed by atoms with Crippen molar-refractivity contribution in [2.45, 2.75) is 44.3 Å². The fourth-order valence-corrected chi connectivity index (χ4v) is 3.22. The summed E-state index contributed by atoms with van der Waals surface area (Å²) in [5, 5.41) is 7.25. The molecule has 0 saturated carbocycles. The largest absolute Gasteiger partial charge is 0.378 e. The summed E-state index contributed by atoms with van der Waals surface area (Å²) in [6.45, 7) is 4.26. The monoisotopic (exact) mass is 292 g/mol. The minimum Gasteiger partial charge on any atom is -0.378 e. The smallest absolute Gasteiger partial charge is 0.222 e. The van der Waals surface area contributed by atoms with Crippen LogP contribution >= 0.6 is 0 Å². The van der Waals surface area contributed by atoms with Crippen LogP contribution in [0.3, 0.4) is 0 Å². The fourth-order valence-electron chi connectivity index (χ4n) is 3.22. The Balaban J connectivity index is 1.47. The number of likely N-dealkylation sites (tertiary alicyclic amines) is 1. The first-order valence-corrected chi connectivity index (χ1v) is 7.91. The highest BCUT2D eigenvalue weighted by atomic mass is 16.5. The summed E-state index contributed by atoms with van der Waals surface area (Å²) in [6, 6.07) is 2.35. The van der Waals surface area contributed by atoms with Crippen LogP contribution in [-0.4, -0.2) is 59.0 Å². The van der Waals surface area contributed by atoms with Gasteiger partial charge in [0, 0.05) is 25.4 Å². The molecule has 2 saturated heterocycles. The molecule has 6 heteroatoms. The van der Waals surface area contributed by atoms with Crippen molar-refractivity contribution in [1.29, 1.82) is 0 Å². The molecule has 2 atom stereocenters. The third-order valence-corrected chi connectivity index (χ3v) is 4.38. The van der Waals surface area contributed by atoms with E-state index >= 15 is 0 Å². The van der Waals surface area contributed by atoms with Gasteiger partial charge < -0.3 is 10.1 Å². The topological polar surface area (TPSA) is 59.4 Å². The lowest BCUT2D eigenvalue weighted by Crippen LogP contribution is -2.52. The zero-order valence-electron chi connectivity index (χ0n) is 12.4. The third kappa shape index (κ3) is 3.83. The lowest BCUT2D eigenvalue weighted by Gasteiger charge is -2.34.